The number of anilines is 1. The molecule has 2 heterocycles. The molecule has 1 aromatic heterocycles. The number of hydrogen-bond acceptors (Lipinski definition) is 4. The number of guanidine groups is 1. The zero-order valence-electron chi connectivity index (χ0n) is 10.8. The average Bonchev–Trinajstić information content (AvgIpc) is 2.81. The number of aromatic nitrogens is 1. The highest BCUT2D eigenvalue weighted by molar-refractivity contribution is 9.11. The van der Waals surface area contributed by atoms with Crippen molar-refractivity contribution in [2.24, 2.45) is 10.7 Å². The lowest BCUT2D eigenvalue weighted by Crippen LogP contribution is -2.37. The van der Waals surface area contributed by atoms with Gasteiger partial charge in [0.25, 0.3) is 0 Å². The maximum Gasteiger partial charge on any atom is 0.196 e. The minimum Gasteiger partial charge on any atom is -0.369 e. The molecule has 0 saturated heterocycles. The molecule has 7 heteroatoms. The minimum atomic E-state index is -0.337. The van der Waals surface area contributed by atoms with E-state index in [-0.39, 0.29) is 11.9 Å². The normalized spacial score (nSPS) is 18.0. The highest BCUT2D eigenvalue weighted by Gasteiger charge is 2.32. The second-order valence-corrected chi connectivity index (χ2v) is 6.33. The molecular formula is C14H11Br2FN4. The van der Waals surface area contributed by atoms with Crippen LogP contribution in [0.2, 0.25) is 0 Å². The number of aliphatic imine (C=N–C) groups is 1. The molecule has 4 nitrogen and oxygen atoms in total. The Balaban J connectivity index is 2.05. The van der Waals surface area contributed by atoms with E-state index < -0.39 is 0 Å². The molecule has 1 aliphatic rings. The van der Waals surface area contributed by atoms with Crippen molar-refractivity contribution in [1.29, 1.82) is 0 Å². The lowest BCUT2D eigenvalue weighted by molar-refractivity contribution is 0.617. The number of pyridine rings is 1. The maximum absolute atomic E-state index is 14.1. The standard InChI is InChI=1S/C14H11Br2FN4/c15-8-5-9(16)13(19-6-8)12-7-20-14(18)21(12)11-4-2-1-3-10(11)17/h1-6,12H,7H2,(H2,18,20). The largest absolute Gasteiger partial charge is 0.369 e. The van der Waals surface area contributed by atoms with Crippen molar-refractivity contribution in [2.75, 3.05) is 11.4 Å². The Morgan fingerprint density at radius 2 is 2.05 bits per heavy atom. The molecule has 0 radical (unpaired) electrons. The van der Waals surface area contributed by atoms with Crippen molar-refractivity contribution in [3.63, 3.8) is 0 Å². The van der Waals surface area contributed by atoms with Gasteiger partial charge in [-0.15, -0.1) is 0 Å². The first-order valence-corrected chi connectivity index (χ1v) is 7.81. The van der Waals surface area contributed by atoms with Gasteiger partial charge in [-0.2, -0.15) is 0 Å². The number of para-hydroxylation sites is 1. The molecule has 0 spiro atoms. The third kappa shape index (κ3) is 2.67. The van der Waals surface area contributed by atoms with Gasteiger partial charge < -0.3 is 5.73 Å². The van der Waals surface area contributed by atoms with Gasteiger partial charge in [0.2, 0.25) is 0 Å². The van der Waals surface area contributed by atoms with Crippen LogP contribution in [0.25, 0.3) is 0 Å². The van der Waals surface area contributed by atoms with E-state index in [1.165, 1.54) is 6.07 Å². The van der Waals surface area contributed by atoms with Gasteiger partial charge in [0.15, 0.2) is 5.96 Å². The number of halogens is 3. The van der Waals surface area contributed by atoms with E-state index in [0.29, 0.717) is 18.2 Å². The van der Waals surface area contributed by atoms with Gasteiger partial charge in [0, 0.05) is 15.1 Å². The third-order valence-corrected chi connectivity index (χ3v) is 4.32. The smallest absolute Gasteiger partial charge is 0.196 e. The number of nitrogens with two attached hydrogens (primary N) is 1. The van der Waals surface area contributed by atoms with Crippen LogP contribution in [-0.4, -0.2) is 17.5 Å². The van der Waals surface area contributed by atoms with Gasteiger partial charge in [-0.25, -0.2) is 4.39 Å². The summed E-state index contributed by atoms with van der Waals surface area (Å²) in [5.74, 6) is -0.0440. The molecule has 0 fully saturated rings. The first-order valence-electron chi connectivity index (χ1n) is 6.22. The van der Waals surface area contributed by atoms with E-state index in [1.807, 2.05) is 6.07 Å². The Hall–Kier alpha value is -1.47. The number of hydrogen-bond donors (Lipinski definition) is 1. The number of rotatable bonds is 2. The van der Waals surface area contributed by atoms with Gasteiger partial charge in [0.1, 0.15) is 5.82 Å². The van der Waals surface area contributed by atoms with Crippen LogP contribution in [0, 0.1) is 5.82 Å². The van der Waals surface area contributed by atoms with Crippen molar-refractivity contribution in [3.8, 4) is 0 Å². The third-order valence-electron chi connectivity index (χ3n) is 3.25. The van der Waals surface area contributed by atoms with E-state index >= 15 is 0 Å². The van der Waals surface area contributed by atoms with Gasteiger partial charge in [0.05, 0.1) is 24.0 Å². The highest BCUT2D eigenvalue weighted by atomic mass is 79.9. The first-order chi connectivity index (χ1) is 10.1. The molecule has 21 heavy (non-hydrogen) atoms. The predicted octanol–water partition coefficient (Wildman–Crippen LogP) is 3.62. The van der Waals surface area contributed by atoms with E-state index in [4.69, 9.17) is 5.73 Å². The minimum absolute atomic E-state index is 0.232. The molecule has 1 aromatic carbocycles. The summed E-state index contributed by atoms with van der Waals surface area (Å²) in [4.78, 5) is 10.3. The van der Waals surface area contributed by atoms with Crippen molar-refractivity contribution >= 4 is 43.5 Å². The van der Waals surface area contributed by atoms with Crippen LogP contribution in [0.3, 0.4) is 0 Å². The highest BCUT2D eigenvalue weighted by Crippen LogP contribution is 2.35. The molecule has 0 aliphatic carbocycles. The Labute approximate surface area is 138 Å². The average molecular weight is 414 g/mol. The molecule has 0 amide bonds. The summed E-state index contributed by atoms with van der Waals surface area (Å²) in [6.45, 7) is 0.438. The number of benzene rings is 1. The molecule has 3 rings (SSSR count). The van der Waals surface area contributed by atoms with Crippen LogP contribution >= 0.6 is 31.9 Å². The van der Waals surface area contributed by atoms with Crippen LogP contribution in [-0.2, 0) is 0 Å². The van der Waals surface area contributed by atoms with Crippen LogP contribution in [0.15, 0.2) is 50.5 Å². The second-order valence-electron chi connectivity index (χ2n) is 4.56. The summed E-state index contributed by atoms with van der Waals surface area (Å²) in [5.41, 5.74) is 7.11. The molecule has 0 bridgehead atoms. The quantitative estimate of drug-likeness (QED) is 0.817. The zero-order valence-corrected chi connectivity index (χ0v) is 14.0. The van der Waals surface area contributed by atoms with Gasteiger partial charge in [-0.1, -0.05) is 12.1 Å². The second kappa shape index (κ2) is 5.73. The van der Waals surface area contributed by atoms with Crippen LogP contribution in [0.5, 0.6) is 0 Å². The van der Waals surface area contributed by atoms with Crippen molar-refractivity contribution in [3.05, 3.63) is 57.0 Å². The molecule has 2 aromatic rings. The Morgan fingerprint density at radius 3 is 2.76 bits per heavy atom. The molecular weight excluding hydrogens is 403 g/mol. The Kier molecular flexibility index (Phi) is 3.95. The SMILES string of the molecule is NC1=NCC(c2ncc(Br)cc2Br)N1c1ccccc1F. The fourth-order valence-corrected chi connectivity index (χ4v) is 3.57. The van der Waals surface area contributed by atoms with Crippen LogP contribution in [0.1, 0.15) is 11.7 Å². The summed E-state index contributed by atoms with van der Waals surface area (Å²) in [7, 11) is 0. The van der Waals surface area contributed by atoms with Gasteiger partial charge in [-0.05, 0) is 50.1 Å². The lowest BCUT2D eigenvalue weighted by atomic mass is 10.1. The van der Waals surface area contributed by atoms with E-state index in [2.05, 4.69) is 41.8 Å². The predicted molar refractivity (Wildman–Crippen MR) is 87.7 cm³/mol. The fourth-order valence-electron chi connectivity index (χ4n) is 2.31. The summed E-state index contributed by atoms with van der Waals surface area (Å²) in [6, 6.07) is 8.17. The molecule has 0 saturated carbocycles. The number of nitrogens with zero attached hydrogens (tertiary/aromatic N) is 3. The zero-order chi connectivity index (χ0) is 15.0. The van der Waals surface area contributed by atoms with Crippen molar-refractivity contribution in [2.45, 2.75) is 6.04 Å². The summed E-state index contributed by atoms with van der Waals surface area (Å²) >= 11 is 6.86. The molecule has 108 valence electrons. The topological polar surface area (TPSA) is 54.5 Å². The maximum atomic E-state index is 14.1. The van der Waals surface area contributed by atoms with E-state index in [1.54, 1.807) is 29.3 Å². The van der Waals surface area contributed by atoms with Crippen LogP contribution < -0.4 is 10.6 Å². The van der Waals surface area contributed by atoms with Gasteiger partial charge >= 0.3 is 0 Å². The summed E-state index contributed by atoms with van der Waals surface area (Å²) in [6.07, 6.45) is 1.70. The van der Waals surface area contributed by atoms with Crippen molar-refractivity contribution < 1.29 is 4.39 Å². The Morgan fingerprint density at radius 1 is 1.29 bits per heavy atom. The molecule has 1 unspecified atom stereocenters. The molecule has 2 N–H and O–H groups in total. The lowest BCUT2D eigenvalue weighted by Gasteiger charge is -2.26. The Bertz CT molecular complexity index is 720. The summed E-state index contributed by atoms with van der Waals surface area (Å²) < 4.78 is 15.8. The van der Waals surface area contributed by atoms with Crippen molar-refractivity contribution in [1.82, 2.24) is 4.98 Å². The first kappa shape index (κ1) is 14.5. The summed E-state index contributed by atoms with van der Waals surface area (Å²) in [5, 5.41) is 0. The monoisotopic (exact) mass is 412 g/mol. The molecule has 1 aliphatic heterocycles. The molecule has 1 atom stereocenters. The van der Waals surface area contributed by atoms with E-state index in [9.17, 15) is 4.39 Å². The van der Waals surface area contributed by atoms with E-state index in [0.717, 1.165) is 14.6 Å². The fraction of sp³-hybridized carbons (Fsp3) is 0.143. The van der Waals surface area contributed by atoms with Gasteiger partial charge in [-0.3, -0.25) is 14.9 Å². The van der Waals surface area contributed by atoms with Crippen LogP contribution in [0.4, 0.5) is 10.1 Å².